The first-order valence-corrected chi connectivity index (χ1v) is 30.4. The average molecular weight is 992 g/mol. The van der Waals surface area contributed by atoms with Crippen LogP contribution >= 0.6 is 0 Å². The number of hydrogen-bond donors (Lipinski definition) is 0. The van der Waals surface area contributed by atoms with Gasteiger partial charge in [-0.2, -0.15) is 0 Å². The molecular formula is C65H114O6. The molecule has 6 nitrogen and oxygen atoms in total. The maximum absolute atomic E-state index is 12.9. The maximum Gasteiger partial charge on any atom is 0.306 e. The molecule has 0 saturated heterocycles. The number of carbonyl (C=O) groups is 3. The lowest BCUT2D eigenvalue weighted by atomic mass is 10.0. The molecule has 71 heavy (non-hydrogen) atoms. The highest BCUT2D eigenvalue weighted by Gasteiger charge is 2.19. The Bertz CT molecular complexity index is 1320. The van der Waals surface area contributed by atoms with Gasteiger partial charge in [-0.05, 0) is 89.9 Å². The number of hydrogen-bond acceptors (Lipinski definition) is 6. The second-order valence-corrected chi connectivity index (χ2v) is 20.2. The molecule has 410 valence electrons. The van der Waals surface area contributed by atoms with Crippen molar-refractivity contribution in [2.24, 2.45) is 0 Å². The van der Waals surface area contributed by atoms with Crippen LogP contribution in [0.15, 0.2) is 72.9 Å². The normalized spacial score (nSPS) is 12.5. The number of esters is 3. The van der Waals surface area contributed by atoms with E-state index in [-0.39, 0.29) is 31.1 Å². The van der Waals surface area contributed by atoms with Gasteiger partial charge in [0.25, 0.3) is 0 Å². The standard InChI is InChI=1S/C65H114O6/c1-4-7-10-13-16-19-22-25-28-30-32-34-37-40-43-46-49-52-55-58-64(67)70-61-62(60-69-63(66)57-54-51-48-45-42-39-36-27-24-21-18-15-12-9-6-3)71-65(68)59-56-53-50-47-44-41-38-35-33-31-29-26-23-20-17-14-11-8-5-2/h9,12,17-18,20-21,26-27,29,36,42,45,62H,4-8,10-11,13-16,19,22-25,28,30-35,37-41,43-44,46-61H2,1-3H3/b12-9-,20-17-,21-18-,29-26-,36-27-,45-42-/t62-/m1/s1. The van der Waals surface area contributed by atoms with E-state index in [2.05, 4.69) is 93.7 Å². The predicted molar refractivity (Wildman–Crippen MR) is 307 cm³/mol. The average Bonchev–Trinajstić information content (AvgIpc) is 3.37. The zero-order chi connectivity index (χ0) is 51.4. The summed E-state index contributed by atoms with van der Waals surface area (Å²) in [4.78, 5) is 38.2. The molecule has 0 heterocycles. The number of ether oxygens (including phenoxy) is 3. The van der Waals surface area contributed by atoms with Gasteiger partial charge in [0.1, 0.15) is 13.2 Å². The first-order valence-electron chi connectivity index (χ1n) is 30.4. The Kier molecular flexibility index (Phi) is 56.8. The van der Waals surface area contributed by atoms with E-state index in [4.69, 9.17) is 14.2 Å². The number of allylic oxidation sites excluding steroid dienone is 12. The molecule has 0 amide bonds. The minimum atomic E-state index is -0.794. The fourth-order valence-corrected chi connectivity index (χ4v) is 8.64. The summed E-state index contributed by atoms with van der Waals surface area (Å²) in [5.41, 5.74) is 0. The Balaban J connectivity index is 4.39. The molecule has 0 bridgehead atoms. The van der Waals surface area contributed by atoms with Crippen molar-refractivity contribution in [2.45, 2.75) is 309 Å². The molecule has 0 unspecified atom stereocenters. The van der Waals surface area contributed by atoms with E-state index in [1.54, 1.807) is 0 Å². The van der Waals surface area contributed by atoms with Crippen molar-refractivity contribution in [1.82, 2.24) is 0 Å². The summed E-state index contributed by atoms with van der Waals surface area (Å²) in [5, 5.41) is 0. The Morgan fingerprint density at radius 1 is 0.296 bits per heavy atom. The van der Waals surface area contributed by atoms with Gasteiger partial charge in [-0.15, -0.1) is 0 Å². The molecule has 0 radical (unpaired) electrons. The molecule has 0 aliphatic carbocycles. The van der Waals surface area contributed by atoms with Crippen LogP contribution in [-0.4, -0.2) is 37.2 Å². The van der Waals surface area contributed by atoms with Crippen molar-refractivity contribution in [3.05, 3.63) is 72.9 Å². The summed E-state index contributed by atoms with van der Waals surface area (Å²) in [6.07, 6.45) is 76.1. The van der Waals surface area contributed by atoms with E-state index in [1.807, 2.05) is 0 Å². The van der Waals surface area contributed by atoms with Gasteiger partial charge in [0, 0.05) is 19.3 Å². The van der Waals surface area contributed by atoms with Gasteiger partial charge in [0.15, 0.2) is 6.10 Å². The molecule has 0 aliphatic rings. The molecule has 0 aliphatic heterocycles. The van der Waals surface area contributed by atoms with Crippen molar-refractivity contribution >= 4 is 17.9 Å². The fraction of sp³-hybridized carbons (Fsp3) is 0.769. The molecule has 0 aromatic heterocycles. The van der Waals surface area contributed by atoms with Gasteiger partial charge in [-0.3, -0.25) is 14.4 Å². The lowest BCUT2D eigenvalue weighted by Gasteiger charge is -2.18. The number of unbranched alkanes of at least 4 members (excludes halogenated alkanes) is 32. The van der Waals surface area contributed by atoms with Crippen molar-refractivity contribution in [2.75, 3.05) is 13.2 Å². The minimum Gasteiger partial charge on any atom is -0.462 e. The summed E-state index contributed by atoms with van der Waals surface area (Å²) >= 11 is 0. The highest BCUT2D eigenvalue weighted by atomic mass is 16.6. The number of rotatable bonds is 55. The van der Waals surface area contributed by atoms with Crippen molar-refractivity contribution in [3.63, 3.8) is 0 Å². The monoisotopic (exact) mass is 991 g/mol. The van der Waals surface area contributed by atoms with Crippen LogP contribution in [0.1, 0.15) is 303 Å². The van der Waals surface area contributed by atoms with E-state index in [0.29, 0.717) is 19.3 Å². The summed E-state index contributed by atoms with van der Waals surface area (Å²) < 4.78 is 16.9. The van der Waals surface area contributed by atoms with Crippen LogP contribution in [0.25, 0.3) is 0 Å². The number of carbonyl (C=O) groups excluding carboxylic acids is 3. The van der Waals surface area contributed by atoms with E-state index >= 15 is 0 Å². The molecule has 0 fully saturated rings. The lowest BCUT2D eigenvalue weighted by Crippen LogP contribution is -2.30. The molecular weight excluding hydrogens is 877 g/mol. The molecule has 0 rings (SSSR count). The first-order chi connectivity index (χ1) is 35.0. The van der Waals surface area contributed by atoms with Crippen LogP contribution in [0, 0.1) is 0 Å². The molecule has 0 aromatic carbocycles. The van der Waals surface area contributed by atoms with E-state index in [0.717, 1.165) is 89.9 Å². The van der Waals surface area contributed by atoms with Crippen LogP contribution in [0.5, 0.6) is 0 Å². The lowest BCUT2D eigenvalue weighted by molar-refractivity contribution is -0.167. The smallest absolute Gasteiger partial charge is 0.306 e. The molecule has 0 N–H and O–H groups in total. The highest BCUT2D eigenvalue weighted by Crippen LogP contribution is 2.17. The molecule has 0 saturated carbocycles. The van der Waals surface area contributed by atoms with Gasteiger partial charge in [0.2, 0.25) is 0 Å². The summed E-state index contributed by atoms with van der Waals surface area (Å²) in [6, 6.07) is 0. The molecule has 1 atom stereocenters. The van der Waals surface area contributed by atoms with Crippen molar-refractivity contribution < 1.29 is 28.6 Å². The van der Waals surface area contributed by atoms with Crippen LogP contribution in [0.2, 0.25) is 0 Å². The van der Waals surface area contributed by atoms with Gasteiger partial charge in [-0.25, -0.2) is 0 Å². The Morgan fingerprint density at radius 2 is 0.549 bits per heavy atom. The molecule has 0 aromatic rings. The summed E-state index contributed by atoms with van der Waals surface area (Å²) in [6.45, 7) is 6.50. The maximum atomic E-state index is 12.9. The van der Waals surface area contributed by atoms with Crippen molar-refractivity contribution in [1.29, 1.82) is 0 Å². The zero-order valence-corrected chi connectivity index (χ0v) is 47.0. The van der Waals surface area contributed by atoms with Crippen molar-refractivity contribution in [3.8, 4) is 0 Å². The van der Waals surface area contributed by atoms with E-state index in [1.165, 1.54) is 173 Å². The SMILES string of the molecule is CC/C=C\C/C=C\C/C=C\C/C=C\CCCCC(=O)OC[C@H](COC(=O)CCCCCCCCCCCCCCCCCCCCC)OC(=O)CCCCCCCCCCC/C=C\C/C=C\CCCCC. The van der Waals surface area contributed by atoms with Gasteiger partial charge < -0.3 is 14.2 Å². The quantitative estimate of drug-likeness (QED) is 0.0261. The minimum absolute atomic E-state index is 0.0877. The summed E-state index contributed by atoms with van der Waals surface area (Å²) in [7, 11) is 0. The first kappa shape index (κ1) is 67.8. The Labute approximate surface area is 440 Å². The van der Waals surface area contributed by atoms with Crippen LogP contribution < -0.4 is 0 Å². The Hall–Kier alpha value is -3.15. The topological polar surface area (TPSA) is 78.9 Å². The van der Waals surface area contributed by atoms with Crippen LogP contribution in [0.4, 0.5) is 0 Å². The van der Waals surface area contributed by atoms with Gasteiger partial charge in [-0.1, -0.05) is 267 Å². The largest absolute Gasteiger partial charge is 0.462 e. The highest BCUT2D eigenvalue weighted by molar-refractivity contribution is 5.71. The van der Waals surface area contributed by atoms with E-state index < -0.39 is 6.10 Å². The molecule has 0 spiro atoms. The Morgan fingerprint density at radius 3 is 0.915 bits per heavy atom. The third kappa shape index (κ3) is 57.6. The van der Waals surface area contributed by atoms with Crippen LogP contribution in [-0.2, 0) is 28.6 Å². The molecule has 6 heteroatoms. The predicted octanol–water partition coefficient (Wildman–Crippen LogP) is 20.5. The third-order valence-electron chi connectivity index (χ3n) is 13.2. The zero-order valence-electron chi connectivity index (χ0n) is 47.0. The van der Waals surface area contributed by atoms with Gasteiger partial charge >= 0.3 is 17.9 Å². The van der Waals surface area contributed by atoms with Gasteiger partial charge in [0.05, 0.1) is 0 Å². The fourth-order valence-electron chi connectivity index (χ4n) is 8.64. The second-order valence-electron chi connectivity index (χ2n) is 20.2. The van der Waals surface area contributed by atoms with Crippen LogP contribution in [0.3, 0.4) is 0 Å². The van der Waals surface area contributed by atoms with E-state index in [9.17, 15) is 14.4 Å². The third-order valence-corrected chi connectivity index (χ3v) is 13.2. The second kappa shape index (κ2) is 59.4. The summed E-state index contributed by atoms with van der Waals surface area (Å²) in [5.74, 6) is -0.922.